The van der Waals surface area contributed by atoms with E-state index in [1.807, 2.05) is 20.8 Å². The lowest BCUT2D eigenvalue weighted by Crippen LogP contribution is -2.41. The fourth-order valence-corrected chi connectivity index (χ4v) is 2.65. The summed E-state index contributed by atoms with van der Waals surface area (Å²) in [7, 11) is 0. The molecule has 1 amide bonds. The molecule has 122 valence electrons. The second kappa shape index (κ2) is 6.50. The molecule has 0 aliphatic heterocycles. The molecular formula is C16H24N2O4. The summed E-state index contributed by atoms with van der Waals surface area (Å²) in [4.78, 5) is 25.5. The van der Waals surface area contributed by atoms with E-state index in [0.29, 0.717) is 6.42 Å². The number of carboxylic acid groups (broad SMARTS) is 1. The highest BCUT2D eigenvalue weighted by molar-refractivity contribution is 5.80. The largest absolute Gasteiger partial charge is 0.481 e. The highest BCUT2D eigenvalue weighted by Gasteiger charge is 2.36. The smallest absolute Gasteiger partial charge is 0.308 e. The second-order valence-corrected chi connectivity index (χ2v) is 6.37. The summed E-state index contributed by atoms with van der Waals surface area (Å²) < 4.78 is 5.14. The molecule has 1 aromatic rings. The predicted molar refractivity (Wildman–Crippen MR) is 80.4 cm³/mol. The summed E-state index contributed by atoms with van der Waals surface area (Å²) in [6, 6.07) is 0.210. The van der Waals surface area contributed by atoms with Crippen molar-refractivity contribution in [2.45, 2.75) is 53.0 Å². The van der Waals surface area contributed by atoms with Crippen molar-refractivity contribution >= 4 is 11.9 Å². The SMILES string of the molecule is Cc1noc(C)c1CC(C)C(=O)N(CC(C)C(=O)O)C1CC1. The molecule has 0 aromatic carbocycles. The van der Waals surface area contributed by atoms with Crippen LogP contribution in [0.3, 0.4) is 0 Å². The number of amides is 1. The van der Waals surface area contributed by atoms with Gasteiger partial charge < -0.3 is 14.5 Å². The molecule has 2 atom stereocenters. The molecule has 1 aliphatic carbocycles. The minimum absolute atomic E-state index is 0.0237. The van der Waals surface area contributed by atoms with Gasteiger partial charge in [-0.15, -0.1) is 0 Å². The Bertz CT molecular complexity index is 543. The van der Waals surface area contributed by atoms with Crippen LogP contribution in [0.4, 0.5) is 0 Å². The molecule has 0 bridgehead atoms. The third kappa shape index (κ3) is 3.67. The van der Waals surface area contributed by atoms with Crippen LogP contribution >= 0.6 is 0 Å². The highest BCUT2D eigenvalue weighted by Crippen LogP contribution is 2.30. The second-order valence-electron chi connectivity index (χ2n) is 6.37. The fourth-order valence-electron chi connectivity index (χ4n) is 2.65. The maximum Gasteiger partial charge on any atom is 0.308 e. The van der Waals surface area contributed by atoms with Crippen molar-refractivity contribution in [1.29, 1.82) is 0 Å². The van der Waals surface area contributed by atoms with Crippen molar-refractivity contribution in [2.75, 3.05) is 6.54 Å². The lowest BCUT2D eigenvalue weighted by atomic mass is 9.98. The Morgan fingerprint density at radius 2 is 1.95 bits per heavy atom. The summed E-state index contributed by atoms with van der Waals surface area (Å²) in [6.07, 6.45) is 2.51. The van der Waals surface area contributed by atoms with E-state index in [2.05, 4.69) is 5.16 Å². The molecule has 0 radical (unpaired) electrons. The van der Waals surface area contributed by atoms with E-state index >= 15 is 0 Å². The molecular weight excluding hydrogens is 284 g/mol. The summed E-state index contributed by atoms with van der Waals surface area (Å²) in [5, 5.41) is 13.0. The van der Waals surface area contributed by atoms with Crippen molar-refractivity contribution in [3.63, 3.8) is 0 Å². The van der Waals surface area contributed by atoms with Gasteiger partial charge in [0, 0.05) is 24.1 Å². The van der Waals surface area contributed by atoms with E-state index in [4.69, 9.17) is 9.63 Å². The minimum Gasteiger partial charge on any atom is -0.481 e. The molecule has 22 heavy (non-hydrogen) atoms. The summed E-state index contributed by atoms with van der Waals surface area (Å²) in [5.74, 6) is -0.851. The van der Waals surface area contributed by atoms with Crippen molar-refractivity contribution in [3.8, 4) is 0 Å². The molecule has 6 nitrogen and oxygen atoms in total. The van der Waals surface area contributed by atoms with Crippen LogP contribution in [0.25, 0.3) is 0 Å². The van der Waals surface area contributed by atoms with Gasteiger partial charge in [0.05, 0.1) is 11.6 Å². The number of aryl methyl sites for hydroxylation is 2. The lowest BCUT2D eigenvalue weighted by Gasteiger charge is -2.27. The normalized spacial score (nSPS) is 17.1. The van der Waals surface area contributed by atoms with Gasteiger partial charge in [0.25, 0.3) is 0 Å². The topological polar surface area (TPSA) is 83.6 Å². The number of carboxylic acids is 1. The summed E-state index contributed by atoms with van der Waals surface area (Å²) >= 11 is 0. The van der Waals surface area contributed by atoms with Crippen LogP contribution in [-0.4, -0.2) is 39.6 Å². The Morgan fingerprint density at radius 1 is 1.32 bits per heavy atom. The monoisotopic (exact) mass is 308 g/mol. The molecule has 1 heterocycles. The van der Waals surface area contributed by atoms with E-state index in [1.54, 1.807) is 11.8 Å². The number of hydrogen-bond donors (Lipinski definition) is 1. The highest BCUT2D eigenvalue weighted by atomic mass is 16.5. The Labute approximate surface area is 130 Å². The molecule has 1 fully saturated rings. The standard InChI is InChI=1S/C16H24N2O4/c1-9(7-14-11(3)17-22-12(14)4)15(19)18(13-5-6-13)8-10(2)16(20)21/h9-10,13H,5-8H2,1-4H3,(H,20,21). The molecule has 1 saturated carbocycles. The third-order valence-electron chi connectivity index (χ3n) is 4.28. The van der Waals surface area contributed by atoms with Gasteiger partial charge in [-0.1, -0.05) is 19.0 Å². The van der Waals surface area contributed by atoms with E-state index in [9.17, 15) is 9.59 Å². The third-order valence-corrected chi connectivity index (χ3v) is 4.28. The van der Waals surface area contributed by atoms with Gasteiger partial charge in [-0.2, -0.15) is 0 Å². The van der Waals surface area contributed by atoms with Crippen molar-refractivity contribution in [2.24, 2.45) is 11.8 Å². The summed E-state index contributed by atoms with van der Waals surface area (Å²) in [5.41, 5.74) is 1.79. The van der Waals surface area contributed by atoms with E-state index in [-0.39, 0.29) is 24.4 Å². The van der Waals surface area contributed by atoms with Gasteiger partial charge in [-0.25, -0.2) is 0 Å². The van der Waals surface area contributed by atoms with Crippen LogP contribution in [0.2, 0.25) is 0 Å². The first kappa shape index (κ1) is 16.5. The molecule has 0 saturated heterocycles. The van der Waals surface area contributed by atoms with Crippen LogP contribution in [0.5, 0.6) is 0 Å². The van der Waals surface area contributed by atoms with Crippen LogP contribution in [0.1, 0.15) is 43.7 Å². The van der Waals surface area contributed by atoms with E-state index in [0.717, 1.165) is 29.9 Å². The average molecular weight is 308 g/mol. The fraction of sp³-hybridized carbons (Fsp3) is 0.688. The van der Waals surface area contributed by atoms with Crippen LogP contribution in [0.15, 0.2) is 4.52 Å². The predicted octanol–water partition coefficient (Wildman–Crippen LogP) is 2.18. The zero-order valence-electron chi connectivity index (χ0n) is 13.6. The number of rotatable bonds is 7. The first-order chi connectivity index (χ1) is 10.3. The first-order valence-electron chi connectivity index (χ1n) is 7.76. The molecule has 2 unspecified atom stereocenters. The van der Waals surface area contributed by atoms with Crippen LogP contribution in [0, 0.1) is 25.7 Å². The van der Waals surface area contributed by atoms with Gasteiger partial charge in [0.15, 0.2) is 0 Å². The van der Waals surface area contributed by atoms with Crippen LogP contribution < -0.4 is 0 Å². The number of nitrogens with zero attached hydrogens (tertiary/aromatic N) is 2. The van der Waals surface area contributed by atoms with Gasteiger partial charge >= 0.3 is 5.97 Å². The number of hydrogen-bond acceptors (Lipinski definition) is 4. The molecule has 1 aliphatic rings. The van der Waals surface area contributed by atoms with Crippen molar-refractivity contribution < 1.29 is 19.2 Å². The summed E-state index contributed by atoms with van der Waals surface area (Å²) in [6.45, 7) is 7.52. The molecule has 6 heteroatoms. The molecule has 0 spiro atoms. The number of carbonyl (C=O) groups excluding carboxylic acids is 1. The quantitative estimate of drug-likeness (QED) is 0.834. The van der Waals surface area contributed by atoms with Gasteiger partial charge in [0.1, 0.15) is 5.76 Å². The van der Waals surface area contributed by atoms with Crippen LogP contribution in [-0.2, 0) is 16.0 Å². The Hall–Kier alpha value is -1.85. The average Bonchev–Trinajstić information content (AvgIpc) is 3.25. The van der Waals surface area contributed by atoms with Crippen molar-refractivity contribution in [3.05, 3.63) is 17.0 Å². The molecule has 1 aromatic heterocycles. The maximum atomic E-state index is 12.7. The van der Waals surface area contributed by atoms with Crippen molar-refractivity contribution in [1.82, 2.24) is 10.1 Å². The Morgan fingerprint density at radius 3 is 2.41 bits per heavy atom. The van der Waals surface area contributed by atoms with E-state index < -0.39 is 11.9 Å². The first-order valence-corrected chi connectivity index (χ1v) is 7.76. The van der Waals surface area contributed by atoms with Gasteiger partial charge in [0.2, 0.25) is 5.91 Å². The number of aliphatic carboxylic acids is 1. The van der Waals surface area contributed by atoms with Gasteiger partial charge in [-0.05, 0) is 33.1 Å². The minimum atomic E-state index is -0.864. The molecule has 2 rings (SSSR count). The lowest BCUT2D eigenvalue weighted by molar-refractivity contribution is -0.144. The Kier molecular flexibility index (Phi) is 4.88. The number of carbonyl (C=O) groups is 2. The molecule has 1 N–H and O–H groups in total. The van der Waals surface area contributed by atoms with Gasteiger partial charge in [-0.3, -0.25) is 9.59 Å². The Balaban J connectivity index is 2.05. The zero-order valence-corrected chi connectivity index (χ0v) is 13.6. The van der Waals surface area contributed by atoms with E-state index in [1.165, 1.54) is 0 Å². The zero-order chi connectivity index (χ0) is 16.4. The maximum absolute atomic E-state index is 12.7. The number of aromatic nitrogens is 1.